The normalized spacial score (nSPS) is 24.2. The molecule has 3 heteroatoms. The maximum atomic E-state index is 3.72. The minimum atomic E-state index is 0.617. The molecule has 2 aliphatic rings. The molecule has 1 aromatic carbocycles. The van der Waals surface area contributed by atoms with Crippen LogP contribution < -0.4 is 10.2 Å². The maximum Gasteiger partial charge on any atom is 0.0596 e. The Morgan fingerprint density at radius 3 is 2.67 bits per heavy atom. The van der Waals surface area contributed by atoms with Gasteiger partial charge in [0.2, 0.25) is 0 Å². The Balaban J connectivity index is 1.65. The van der Waals surface area contributed by atoms with Crippen LogP contribution in [0.5, 0.6) is 0 Å². The highest BCUT2D eigenvalue weighted by atomic mass is 15.2. The van der Waals surface area contributed by atoms with Gasteiger partial charge >= 0.3 is 0 Å². The first kappa shape index (κ1) is 11.8. The predicted molar refractivity (Wildman–Crippen MR) is 77.4 cm³/mol. The Bertz CT molecular complexity index is 412. The summed E-state index contributed by atoms with van der Waals surface area (Å²) in [7, 11) is 4.21. The smallest absolute Gasteiger partial charge is 0.0596 e. The first-order valence-electron chi connectivity index (χ1n) is 7.01. The van der Waals surface area contributed by atoms with E-state index in [4.69, 9.17) is 0 Å². The summed E-state index contributed by atoms with van der Waals surface area (Å²) in [6.07, 6.45) is 4.11. The molecule has 3 nitrogen and oxygen atoms in total. The molecule has 1 aromatic rings. The van der Waals surface area contributed by atoms with Crippen molar-refractivity contribution in [2.24, 2.45) is 0 Å². The summed E-state index contributed by atoms with van der Waals surface area (Å²) in [4.78, 5) is 4.83. The lowest BCUT2D eigenvalue weighted by molar-refractivity contribution is 0.326. The molecule has 3 rings (SSSR count). The zero-order valence-corrected chi connectivity index (χ0v) is 11.4. The van der Waals surface area contributed by atoms with Crippen LogP contribution in [0.3, 0.4) is 0 Å². The van der Waals surface area contributed by atoms with Gasteiger partial charge < -0.3 is 10.2 Å². The lowest BCUT2D eigenvalue weighted by Crippen LogP contribution is -2.28. The molecular formula is C15H23N3. The van der Waals surface area contributed by atoms with Crippen molar-refractivity contribution in [2.75, 3.05) is 37.4 Å². The molecule has 98 valence electrons. The van der Waals surface area contributed by atoms with E-state index in [1.807, 2.05) is 0 Å². The van der Waals surface area contributed by atoms with Gasteiger partial charge in [0.25, 0.3) is 0 Å². The Morgan fingerprint density at radius 1 is 1.17 bits per heavy atom. The van der Waals surface area contributed by atoms with Crippen LogP contribution in [0.1, 0.15) is 19.3 Å². The summed E-state index contributed by atoms with van der Waals surface area (Å²) in [6.45, 7) is 2.49. The second-order valence-electron chi connectivity index (χ2n) is 5.77. The highest BCUT2D eigenvalue weighted by Gasteiger charge is 2.34. The van der Waals surface area contributed by atoms with E-state index in [0.29, 0.717) is 6.04 Å². The Hall–Kier alpha value is -1.22. The van der Waals surface area contributed by atoms with Gasteiger partial charge in [0.05, 0.1) is 11.4 Å². The third-order valence-electron chi connectivity index (χ3n) is 4.03. The number of hydrogen-bond acceptors (Lipinski definition) is 3. The largest absolute Gasteiger partial charge is 0.379 e. The molecule has 0 amide bonds. The minimum Gasteiger partial charge on any atom is -0.379 e. The van der Waals surface area contributed by atoms with Crippen molar-refractivity contribution in [3.63, 3.8) is 0 Å². The van der Waals surface area contributed by atoms with Crippen LogP contribution in [0.25, 0.3) is 0 Å². The van der Waals surface area contributed by atoms with Crippen LogP contribution in [-0.4, -0.2) is 44.2 Å². The van der Waals surface area contributed by atoms with Crippen LogP contribution >= 0.6 is 0 Å². The van der Waals surface area contributed by atoms with Crippen molar-refractivity contribution in [1.82, 2.24) is 4.90 Å². The van der Waals surface area contributed by atoms with E-state index >= 15 is 0 Å². The fraction of sp³-hybridized carbons (Fsp3) is 0.600. The molecule has 1 unspecified atom stereocenters. The highest BCUT2D eigenvalue weighted by Crippen LogP contribution is 2.31. The Labute approximate surface area is 110 Å². The van der Waals surface area contributed by atoms with E-state index in [0.717, 1.165) is 6.04 Å². The molecule has 18 heavy (non-hydrogen) atoms. The second-order valence-corrected chi connectivity index (χ2v) is 5.77. The van der Waals surface area contributed by atoms with Gasteiger partial charge in [0, 0.05) is 39.3 Å². The second kappa shape index (κ2) is 4.81. The number of benzene rings is 1. The van der Waals surface area contributed by atoms with Crippen molar-refractivity contribution in [3.05, 3.63) is 24.3 Å². The fourth-order valence-electron chi connectivity index (χ4n) is 2.88. The first-order valence-corrected chi connectivity index (χ1v) is 7.01. The van der Waals surface area contributed by atoms with E-state index in [9.17, 15) is 0 Å². The summed E-state index contributed by atoms with van der Waals surface area (Å²) in [6, 6.07) is 10.1. The summed E-state index contributed by atoms with van der Waals surface area (Å²) in [5, 5.41) is 3.72. The van der Waals surface area contributed by atoms with Crippen LogP contribution in [0.2, 0.25) is 0 Å². The van der Waals surface area contributed by atoms with E-state index in [1.54, 1.807) is 0 Å². The third-order valence-corrected chi connectivity index (χ3v) is 4.03. The number of nitrogens with one attached hydrogen (secondary N) is 1. The van der Waals surface area contributed by atoms with Gasteiger partial charge in [-0.1, -0.05) is 12.1 Å². The zero-order chi connectivity index (χ0) is 12.5. The number of likely N-dealkylation sites (tertiary alicyclic amines) is 1. The first-order chi connectivity index (χ1) is 8.74. The van der Waals surface area contributed by atoms with Gasteiger partial charge in [-0.2, -0.15) is 0 Å². The van der Waals surface area contributed by atoms with Crippen LogP contribution in [0, 0.1) is 0 Å². The van der Waals surface area contributed by atoms with Crippen molar-refractivity contribution < 1.29 is 0 Å². The van der Waals surface area contributed by atoms with E-state index in [-0.39, 0.29) is 0 Å². The monoisotopic (exact) mass is 245 g/mol. The standard InChI is InChI=1S/C15H23N3/c1-17(2)15-6-4-3-5-14(15)16-12-9-10-18(11-12)13-7-8-13/h3-6,12-13,16H,7-11H2,1-2H3. The van der Waals surface area contributed by atoms with E-state index < -0.39 is 0 Å². The third kappa shape index (κ3) is 2.46. The molecular weight excluding hydrogens is 222 g/mol. The molecule has 1 N–H and O–H groups in total. The predicted octanol–water partition coefficient (Wildman–Crippen LogP) is 2.40. The summed E-state index contributed by atoms with van der Waals surface area (Å²) < 4.78 is 0. The van der Waals surface area contributed by atoms with Crippen molar-refractivity contribution in [3.8, 4) is 0 Å². The molecule has 1 heterocycles. The molecule has 2 fully saturated rings. The summed E-state index contributed by atoms with van der Waals surface area (Å²) in [5.41, 5.74) is 2.55. The van der Waals surface area contributed by atoms with Gasteiger partial charge in [-0.15, -0.1) is 0 Å². The molecule has 1 aliphatic carbocycles. The number of nitrogens with zero attached hydrogens (tertiary/aromatic N) is 2. The van der Waals surface area contributed by atoms with Gasteiger partial charge in [-0.3, -0.25) is 4.90 Å². The summed E-state index contributed by atoms with van der Waals surface area (Å²) in [5.74, 6) is 0. The number of hydrogen-bond donors (Lipinski definition) is 1. The van der Waals surface area contributed by atoms with Gasteiger partial charge in [-0.05, 0) is 31.4 Å². The van der Waals surface area contributed by atoms with E-state index in [2.05, 4.69) is 53.5 Å². The van der Waals surface area contributed by atoms with Crippen LogP contribution in [-0.2, 0) is 0 Å². The topological polar surface area (TPSA) is 18.5 Å². The van der Waals surface area contributed by atoms with Crippen LogP contribution in [0.4, 0.5) is 11.4 Å². The van der Waals surface area contributed by atoms with Crippen molar-refractivity contribution in [2.45, 2.75) is 31.3 Å². The van der Waals surface area contributed by atoms with Crippen molar-refractivity contribution >= 4 is 11.4 Å². The maximum absolute atomic E-state index is 3.72. The molecule has 1 saturated heterocycles. The number of anilines is 2. The quantitative estimate of drug-likeness (QED) is 0.879. The lowest BCUT2D eigenvalue weighted by Gasteiger charge is -2.22. The number of rotatable bonds is 4. The minimum absolute atomic E-state index is 0.617. The Kier molecular flexibility index (Phi) is 3.16. The van der Waals surface area contributed by atoms with Gasteiger partial charge in [-0.25, -0.2) is 0 Å². The molecule has 1 saturated carbocycles. The average molecular weight is 245 g/mol. The number of para-hydroxylation sites is 2. The van der Waals surface area contributed by atoms with E-state index in [1.165, 1.54) is 43.7 Å². The SMILES string of the molecule is CN(C)c1ccccc1NC1CCN(C2CC2)C1. The van der Waals surface area contributed by atoms with Crippen LogP contribution in [0.15, 0.2) is 24.3 Å². The van der Waals surface area contributed by atoms with Crippen molar-refractivity contribution in [1.29, 1.82) is 0 Å². The lowest BCUT2D eigenvalue weighted by atomic mass is 10.2. The molecule has 0 radical (unpaired) electrons. The summed E-state index contributed by atoms with van der Waals surface area (Å²) >= 11 is 0. The van der Waals surface area contributed by atoms with Gasteiger partial charge in [0.15, 0.2) is 0 Å². The molecule has 0 spiro atoms. The highest BCUT2D eigenvalue weighted by molar-refractivity contribution is 5.69. The molecule has 1 aliphatic heterocycles. The molecule has 0 aromatic heterocycles. The molecule has 1 atom stereocenters. The fourth-order valence-corrected chi connectivity index (χ4v) is 2.88. The molecule has 0 bridgehead atoms. The zero-order valence-electron chi connectivity index (χ0n) is 11.4. The Morgan fingerprint density at radius 2 is 1.94 bits per heavy atom. The average Bonchev–Trinajstić information content (AvgIpc) is 3.11. The van der Waals surface area contributed by atoms with Gasteiger partial charge in [0.1, 0.15) is 0 Å².